The van der Waals surface area contributed by atoms with Gasteiger partial charge < -0.3 is 14.4 Å². The molecule has 2 aliphatic rings. The van der Waals surface area contributed by atoms with E-state index in [1.807, 2.05) is 35.2 Å². The number of para-hydroxylation sites is 1. The molecule has 25 heavy (non-hydrogen) atoms. The van der Waals surface area contributed by atoms with Crippen LogP contribution in [0.15, 0.2) is 42.6 Å². The number of carbonyl (C=O) groups is 1. The maximum absolute atomic E-state index is 13.0. The number of hydrogen-bond acceptors (Lipinski definition) is 4. The summed E-state index contributed by atoms with van der Waals surface area (Å²) in [6.45, 7) is 6.14. The van der Waals surface area contributed by atoms with Crippen LogP contribution in [0.2, 0.25) is 0 Å². The number of fused-ring (bicyclic) bond motifs is 1. The van der Waals surface area contributed by atoms with E-state index in [9.17, 15) is 4.79 Å². The van der Waals surface area contributed by atoms with E-state index in [0.29, 0.717) is 31.1 Å². The van der Waals surface area contributed by atoms with Crippen molar-refractivity contribution in [3.8, 4) is 11.6 Å². The molecule has 0 radical (unpaired) electrons. The van der Waals surface area contributed by atoms with E-state index in [1.165, 1.54) is 0 Å². The lowest BCUT2D eigenvalue weighted by Gasteiger charge is -2.19. The van der Waals surface area contributed by atoms with Crippen molar-refractivity contribution in [1.29, 1.82) is 0 Å². The summed E-state index contributed by atoms with van der Waals surface area (Å²) in [7, 11) is 0. The lowest BCUT2D eigenvalue weighted by molar-refractivity contribution is 0.0767. The van der Waals surface area contributed by atoms with Gasteiger partial charge >= 0.3 is 0 Å². The van der Waals surface area contributed by atoms with Gasteiger partial charge in [-0.25, -0.2) is 4.98 Å². The van der Waals surface area contributed by atoms with Crippen molar-refractivity contribution >= 4 is 5.91 Å². The number of hydrogen-bond donors (Lipinski definition) is 0. The predicted octanol–water partition coefficient (Wildman–Crippen LogP) is 3.05. The van der Waals surface area contributed by atoms with Gasteiger partial charge in [-0.3, -0.25) is 4.79 Å². The van der Waals surface area contributed by atoms with Gasteiger partial charge in [0.25, 0.3) is 5.91 Å². The quantitative estimate of drug-likeness (QED) is 0.863. The molecule has 2 aromatic rings. The summed E-state index contributed by atoms with van der Waals surface area (Å²) >= 11 is 0. The molecular weight excluding hydrogens is 316 g/mol. The standard InChI is InChI=1S/C20H22N2O3/c1-20(2)13-24-18-15(6-5-7-16(18)20)19(23)22-11-9-14(12-22)25-17-8-3-4-10-21-17/h3-8,10,14H,9,11-13H2,1-2H3. The SMILES string of the molecule is CC1(C)COc2c(C(=O)N3CCC(Oc4ccccn4)C3)cccc21. The number of pyridine rings is 1. The van der Waals surface area contributed by atoms with Crippen molar-refractivity contribution in [2.75, 3.05) is 19.7 Å². The van der Waals surface area contributed by atoms with Crippen LogP contribution in [0, 0.1) is 0 Å². The zero-order valence-electron chi connectivity index (χ0n) is 14.6. The van der Waals surface area contributed by atoms with Crippen LogP contribution < -0.4 is 9.47 Å². The van der Waals surface area contributed by atoms with Crippen LogP contribution in [0.5, 0.6) is 11.6 Å². The molecule has 1 saturated heterocycles. The molecule has 5 nitrogen and oxygen atoms in total. The molecule has 5 heteroatoms. The summed E-state index contributed by atoms with van der Waals surface area (Å²) in [5.74, 6) is 1.36. The molecule has 1 aromatic carbocycles. The highest BCUT2D eigenvalue weighted by Crippen LogP contribution is 2.41. The van der Waals surface area contributed by atoms with Crippen LogP contribution >= 0.6 is 0 Å². The van der Waals surface area contributed by atoms with Gasteiger partial charge in [0.05, 0.1) is 18.7 Å². The van der Waals surface area contributed by atoms with Crippen molar-refractivity contribution < 1.29 is 14.3 Å². The fourth-order valence-electron chi connectivity index (χ4n) is 3.49. The van der Waals surface area contributed by atoms with Gasteiger partial charge in [-0.05, 0) is 12.1 Å². The molecular formula is C20H22N2O3. The first-order chi connectivity index (χ1) is 12.0. The van der Waals surface area contributed by atoms with Crippen LogP contribution in [0.1, 0.15) is 36.2 Å². The Bertz CT molecular complexity index is 789. The van der Waals surface area contributed by atoms with Gasteiger partial charge in [-0.1, -0.05) is 32.0 Å². The smallest absolute Gasteiger partial charge is 0.257 e. The van der Waals surface area contributed by atoms with E-state index in [1.54, 1.807) is 6.20 Å². The minimum atomic E-state index is -0.0543. The molecule has 0 bridgehead atoms. The van der Waals surface area contributed by atoms with E-state index in [4.69, 9.17) is 9.47 Å². The number of rotatable bonds is 3. The average molecular weight is 338 g/mol. The number of nitrogens with zero attached hydrogens (tertiary/aromatic N) is 2. The Kier molecular flexibility index (Phi) is 3.86. The Balaban J connectivity index is 1.49. The highest BCUT2D eigenvalue weighted by atomic mass is 16.5. The number of likely N-dealkylation sites (tertiary alicyclic amines) is 1. The van der Waals surface area contributed by atoms with E-state index in [-0.39, 0.29) is 17.4 Å². The van der Waals surface area contributed by atoms with Gasteiger partial charge in [-0.15, -0.1) is 0 Å². The number of aromatic nitrogens is 1. The lowest BCUT2D eigenvalue weighted by atomic mass is 9.86. The van der Waals surface area contributed by atoms with E-state index in [0.717, 1.165) is 17.7 Å². The summed E-state index contributed by atoms with van der Waals surface area (Å²) in [6.07, 6.45) is 2.50. The minimum Gasteiger partial charge on any atom is -0.492 e. The van der Waals surface area contributed by atoms with E-state index in [2.05, 4.69) is 24.9 Å². The first-order valence-corrected chi connectivity index (χ1v) is 8.68. The topological polar surface area (TPSA) is 51.7 Å². The molecule has 1 atom stereocenters. The van der Waals surface area contributed by atoms with Gasteiger partial charge in [0, 0.05) is 36.2 Å². The van der Waals surface area contributed by atoms with Crippen LogP contribution in [0.4, 0.5) is 0 Å². The Morgan fingerprint density at radius 2 is 2.16 bits per heavy atom. The molecule has 0 spiro atoms. The largest absolute Gasteiger partial charge is 0.492 e. The maximum atomic E-state index is 13.0. The molecule has 130 valence electrons. The lowest BCUT2D eigenvalue weighted by Crippen LogP contribution is -2.31. The molecule has 3 heterocycles. The monoisotopic (exact) mass is 338 g/mol. The van der Waals surface area contributed by atoms with Crippen molar-refractivity contribution in [2.45, 2.75) is 31.8 Å². The summed E-state index contributed by atoms with van der Waals surface area (Å²) in [4.78, 5) is 19.0. The zero-order chi connectivity index (χ0) is 17.4. The van der Waals surface area contributed by atoms with Crippen molar-refractivity contribution in [2.24, 2.45) is 0 Å². The van der Waals surface area contributed by atoms with Gasteiger partial charge in [0.1, 0.15) is 11.9 Å². The molecule has 1 unspecified atom stereocenters. The van der Waals surface area contributed by atoms with E-state index < -0.39 is 0 Å². The third-order valence-electron chi connectivity index (χ3n) is 4.91. The highest BCUT2D eigenvalue weighted by molar-refractivity contribution is 5.98. The summed E-state index contributed by atoms with van der Waals surface area (Å²) in [5.41, 5.74) is 1.71. The van der Waals surface area contributed by atoms with Gasteiger partial charge in [0.15, 0.2) is 0 Å². The van der Waals surface area contributed by atoms with Crippen LogP contribution in [-0.4, -0.2) is 41.6 Å². The molecule has 0 saturated carbocycles. The number of carbonyl (C=O) groups excluding carboxylic acids is 1. The summed E-state index contributed by atoms with van der Waals surface area (Å²) < 4.78 is 11.7. The Morgan fingerprint density at radius 3 is 2.96 bits per heavy atom. The second-order valence-electron chi connectivity index (χ2n) is 7.30. The van der Waals surface area contributed by atoms with Gasteiger partial charge in [-0.2, -0.15) is 0 Å². The molecule has 4 rings (SSSR count). The third-order valence-corrected chi connectivity index (χ3v) is 4.91. The fraction of sp³-hybridized carbons (Fsp3) is 0.400. The Morgan fingerprint density at radius 1 is 1.28 bits per heavy atom. The normalized spacial score (nSPS) is 20.9. The summed E-state index contributed by atoms with van der Waals surface area (Å²) in [6, 6.07) is 11.4. The van der Waals surface area contributed by atoms with Crippen molar-refractivity contribution in [3.63, 3.8) is 0 Å². The molecule has 0 aliphatic carbocycles. The van der Waals surface area contributed by atoms with Crippen LogP contribution in [0.25, 0.3) is 0 Å². The number of ether oxygens (including phenoxy) is 2. The first kappa shape index (κ1) is 15.9. The Hall–Kier alpha value is -2.56. The molecule has 1 amide bonds. The molecule has 0 N–H and O–H groups in total. The molecule has 1 aromatic heterocycles. The predicted molar refractivity (Wildman–Crippen MR) is 94.1 cm³/mol. The summed E-state index contributed by atoms with van der Waals surface area (Å²) in [5, 5.41) is 0. The van der Waals surface area contributed by atoms with Crippen LogP contribution in [-0.2, 0) is 5.41 Å². The zero-order valence-corrected chi connectivity index (χ0v) is 14.6. The number of benzene rings is 1. The fourth-order valence-corrected chi connectivity index (χ4v) is 3.49. The van der Waals surface area contributed by atoms with Gasteiger partial charge in [0.2, 0.25) is 5.88 Å². The second kappa shape index (κ2) is 6.06. The average Bonchev–Trinajstić information content (AvgIpc) is 3.20. The Labute approximate surface area is 147 Å². The van der Waals surface area contributed by atoms with Crippen molar-refractivity contribution in [1.82, 2.24) is 9.88 Å². The first-order valence-electron chi connectivity index (χ1n) is 8.68. The van der Waals surface area contributed by atoms with Crippen molar-refractivity contribution in [3.05, 3.63) is 53.7 Å². The van der Waals surface area contributed by atoms with Crippen LogP contribution in [0.3, 0.4) is 0 Å². The third kappa shape index (κ3) is 2.95. The van der Waals surface area contributed by atoms with E-state index >= 15 is 0 Å². The highest BCUT2D eigenvalue weighted by Gasteiger charge is 2.36. The second-order valence-corrected chi connectivity index (χ2v) is 7.30. The molecule has 2 aliphatic heterocycles. The molecule has 1 fully saturated rings. The minimum absolute atomic E-state index is 0.0154. The number of amides is 1. The maximum Gasteiger partial charge on any atom is 0.257 e.